The number of aromatic nitrogens is 1. The molecule has 0 aliphatic carbocycles. The molecule has 3 aromatic rings. The third kappa shape index (κ3) is 6.52. The second-order valence-corrected chi connectivity index (χ2v) is 9.64. The fourth-order valence-electron chi connectivity index (χ4n) is 3.09. The van der Waals surface area contributed by atoms with Crippen molar-refractivity contribution in [1.29, 1.82) is 0 Å². The van der Waals surface area contributed by atoms with E-state index in [1.807, 2.05) is 0 Å². The van der Waals surface area contributed by atoms with Crippen molar-refractivity contribution in [2.24, 2.45) is 4.40 Å². The summed E-state index contributed by atoms with van der Waals surface area (Å²) < 4.78 is 55.9. The zero-order valence-corrected chi connectivity index (χ0v) is 20.2. The Morgan fingerprint density at radius 1 is 1.17 bits per heavy atom. The number of benzene rings is 2. The van der Waals surface area contributed by atoms with Gasteiger partial charge in [-0.25, -0.2) is 0 Å². The minimum absolute atomic E-state index is 0.0408. The lowest BCUT2D eigenvalue weighted by Crippen LogP contribution is -2.17. The number of rotatable bonds is 8. The monoisotopic (exact) mass is 522 g/mol. The zero-order chi connectivity index (χ0) is 25.8. The van der Waals surface area contributed by atoms with Gasteiger partial charge in [-0.3, -0.25) is 14.2 Å². The van der Waals surface area contributed by atoms with Crippen LogP contribution >= 0.6 is 11.6 Å². The standard InChI is InChI=1S/C23H21ClF2N4O4S/c1-29(2)14-27-35(33,34)20-12-17(28-21(31)11-15-5-3-4-6-19(15)24)7-8-18(20)16-9-10-30(13-16)23(32)22(25)26/h3-10,12-14,22H,11H2,1-2H3,(H,28,31)/b27-14+. The average Bonchev–Trinajstić information content (AvgIpc) is 3.28. The highest BCUT2D eigenvalue weighted by Gasteiger charge is 2.23. The molecule has 1 heterocycles. The largest absolute Gasteiger partial charge is 0.368 e. The lowest BCUT2D eigenvalue weighted by Gasteiger charge is -2.12. The molecule has 8 nitrogen and oxygen atoms in total. The van der Waals surface area contributed by atoms with Gasteiger partial charge in [0.05, 0.1) is 11.3 Å². The third-order valence-corrected chi connectivity index (χ3v) is 6.35. The van der Waals surface area contributed by atoms with Crippen molar-refractivity contribution in [2.75, 3.05) is 19.4 Å². The van der Waals surface area contributed by atoms with Crippen LogP contribution in [0.4, 0.5) is 14.5 Å². The molecular weight excluding hydrogens is 502 g/mol. The van der Waals surface area contributed by atoms with Crippen molar-refractivity contribution in [2.45, 2.75) is 17.7 Å². The summed E-state index contributed by atoms with van der Waals surface area (Å²) >= 11 is 6.10. The maximum absolute atomic E-state index is 13.0. The van der Waals surface area contributed by atoms with Crippen molar-refractivity contribution in [3.63, 3.8) is 0 Å². The van der Waals surface area contributed by atoms with Gasteiger partial charge < -0.3 is 10.2 Å². The number of halogens is 3. The predicted molar refractivity (Wildman–Crippen MR) is 130 cm³/mol. The maximum Gasteiger partial charge on any atom is 0.316 e. The molecule has 0 unspecified atom stereocenters. The van der Waals surface area contributed by atoms with E-state index in [4.69, 9.17) is 11.6 Å². The van der Waals surface area contributed by atoms with Gasteiger partial charge in [-0.05, 0) is 29.8 Å². The molecule has 0 aliphatic rings. The number of amides is 1. The number of hydrogen-bond acceptors (Lipinski definition) is 4. The molecule has 0 bridgehead atoms. The van der Waals surface area contributed by atoms with Gasteiger partial charge in [0.1, 0.15) is 6.34 Å². The van der Waals surface area contributed by atoms with Crippen LogP contribution in [0, 0.1) is 0 Å². The molecule has 184 valence electrons. The number of nitrogens with zero attached hydrogens (tertiary/aromatic N) is 3. The first kappa shape index (κ1) is 26.0. The number of nitrogens with one attached hydrogen (secondary N) is 1. The summed E-state index contributed by atoms with van der Waals surface area (Å²) in [6.07, 6.45) is 0.0455. The summed E-state index contributed by atoms with van der Waals surface area (Å²) in [5.74, 6) is -1.88. The number of sulfonamides is 1. The van der Waals surface area contributed by atoms with Gasteiger partial charge >= 0.3 is 6.43 Å². The van der Waals surface area contributed by atoms with Crippen molar-refractivity contribution in [3.05, 3.63) is 71.5 Å². The van der Waals surface area contributed by atoms with Crippen LogP contribution in [-0.2, 0) is 21.2 Å². The normalized spacial score (nSPS) is 11.7. The van der Waals surface area contributed by atoms with Gasteiger partial charge in [-0.1, -0.05) is 35.9 Å². The molecule has 35 heavy (non-hydrogen) atoms. The Morgan fingerprint density at radius 3 is 2.54 bits per heavy atom. The fourth-order valence-corrected chi connectivity index (χ4v) is 4.46. The number of alkyl halides is 2. The smallest absolute Gasteiger partial charge is 0.316 e. The summed E-state index contributed by atoms with van der Waals surface area (Å²) in [5, 5.41) is 3.05. The Balaban J connectivity index is 2.00. The van der Waals surface area contributed by atoms with Gasteiger partial charge in [0.2, 0.25) is 5.91 Å². The van der Waals surface area contributed by atoms with Crippen LogP contribution in [-0.4, -0.2) is 56.6 Å². The van der Waals surface area contributed by atoms with Gasteiger partial charge in [0, 0.05) is 48.3 Å². The molecule has 12 heteroatoms. The van der Waals surface area contributed by atoms with Crippen LogP contribution in [0.2, 0.25) is 5.02 Å². The fraction of sp³-hybridized carbons (Fsp3) is 0.174. The van der Waals surface area contributed by atoms with Crippen LogP contribution in [0.1, 0.15) is 10.4 Å². The van der Waals surface area contributed by atoms with E-state index in [-0.39, 0.29) is 28.1 Å². The van der Waals surface area contributed by atoms with E-state index in [1.54, 1.807) is 38.4 Å². The number of anilines is 1. The van der Waals surface area contributed by atoms with E-state index in [9.17, 15) is 26.8 Å². The minimum Gasteiger partial charge on any atom is -0.368 e. The number of carbonyl (C=O) groups is 2. The van der Waals surface area contributed by atoms with E-state index in [1.165, 1.54) is 29.2 Å². The second kappa shape index (κ2) is 10.8. The number of hydrogen-bond donors (Lipinski definition) is 1. The summed E-state index contributed by atoms with van der Waals surface area (Å²) in [5.41, 5.74) is 1.08. The summed E-state index contributed by atoms with van der Waals surface area (Å²) in [7, 11) is -1.10. The Kier molecular flexibility index (Phi) is 8.03. The van der Waals surface area contributed by atoms with Crippen LogP contribution in [0.3, 0.4) is 0 Å². The Morgan fingerprint density at radius 2 is 1.89 bits per heavy atom. The van der Waals surface area contributed by atoms with Crippen LogP contribution in [0.15, 0.2) is 70.2 Å². The molecule has 0 aliphatic heterocycles. The summed E-state index contributed by atoms with van der Waals surface area (Å²) in [6.45, 7) is 0. The molecule has 0 saturated heterocycles. The van der Waals surface area contributed by atoms with Crippen molar-refractivity contribution >= 4 is 45.5 Å². The molecule has 0 radical (unpaired) electrons. The third-order valence-electron chi connectivity index (χ3n) is 4.71. The second-order valence-electron chi connectivity index (χ2n) is 7.63. The van der Waals surface area contributed by atoms with Crippen LogP contribution < -0.4 is 5.32 Å². The predicted octanol–water partition coefficient (Wildman–Crippen LogP) is 4.17. The summed E-state index contributed by atoms with van der Waals surface area (Å²) in [6, 6.07) is 12.2. The molecular formula is C23H21ClF2N4O4S. The quantitative estimate of drug-likeness (QED) is 0.353. The first-order valence-corrected chi connectivity index (χ1v) is 11.9. The highest BCUT2D eigenvalue weighted by Crippen LogP contribution is 2.32. The Hall–Kier alpha value is -3.57. The van der Waals surface area contributed by atoms with Gasteiger partial charge in [-0.15, -0.1) is 4.40 Å². The first-order chi connectivity index (χ1) is 16.5. The molecule has 0 atom stereocenters. The van der Waals surface area contributed by atoms with E-state index in [0.717, 1.165) is 18.7 Å². The Bertz CT molecular complexity index is 1390. The van der Waals surface area contributed by atoms with Gasteiger partial charge in [-0.2, -0.15) is 17.2 Å². The average molecular weight is 523 g/mol. The molecule has 0 spiro atoms. The van der Waals surface area contributed by atoms with E-state index in [0.29, 0.717) is 15.2 Å². The molecule has 0 saturated carbocycles. The highest BCUT2D eigenvalue weighted by atomic mass is 35.5. The number of carbonyl (C=O) groups excluding carboxylic acids is 2. The summed E-state index contributed by atoms with van der Waals surface area (Å²) in [4.78, 5) is 25.3. The molecule has 0 fully saturated rings. The van der Waals surface area contributed by atoms with E-state index >= 15 is 0 Å². The van der Waals surface area contributed by atoms with E-state index in [2.05, 4.69) is 9.71 Å². The van der Waals surface area contributed by atoms with Crippen LogP contribution in [0.5, 0.6) is 0 Å². The lowest BCUT2D eigenvalue weighted by molar-refractivity contribution is -0.115. The molecule has 1 aromatic heterocycles. The molecule has 1 amide bonds. The molecule has 1 N–H and O–H groups in total. The Labute approximate surface area is 205 Å². The lowest BCUT2D eigenvalue weighted by atomic mass is 10.1. The van der Waals surface area contributed by atoms with Gasteiger partial charge in [0.25, 0.3) is 15.9 Å². The first-order valence-electron chi connectivity index (χ1n) is 10.1. The van der Waals surface area contributed by atoms with Gasteiger partial charge in [0.15, 0.2) is 0 Å². The molecule has 3 rings (SSSR count). The topological polar surface area (TPSA) is 101 Å². The zero-order valence-electron chi connectivity index (χ0n) is 18.7. The maximum atomic E-state index is 13.0. The van der Waals surface area contributed by atoms with Crippen LogP contribution in [0.25, 0.3) is 11.1 Å². The minimum atomic E-state index is -4.27. The SMILES string of the molecule is CN(C)/C=N/S(=O)(=O)c1cc(NC(=O)Cc2ccccc2Cl)ccc1-c1ccn(C(=O)C(F)F)c1. The van der Waals surface area contributed by atoms with Crippen molar-refractivity contribution in [1.82, 2.24) is 9.47 Å². The highest BCUT2D eigenvalue weighted by molar-refractivity contribution is 7.90. The van der Waals surface area contributed by atoms with Crippen molar-refractivity contribution < 1.29 is 26.8 Å². The van der Waals surface area contributed by atoms with Crippen molar-refractivity contribution in [3.8, 4) is 11.1 Å². The molecule has 2 aromatic carbocycles. The van der Waals surface area contributed by atoms with E-state index < -0.39 is 28.3 Å².